The third-order valence-corrected chi connectivity index (χ3v) is 4.44. The van der Waals surface area contributed by atoms with Crippen LogP contribution in [0.1, 0.15) is 0 Å². The Morgan fingerprint density at radius 3 is 2.55 bits per heavy atom. The SMILES string of the molecule is O=[N+]([O-])c1ccccc1[Se][SeH]. The van der Waals surface area contributed by atoms with Crippen LogP contribution in [0.2, 0.25) is 0 Å². The summed E-state index contributed by atoms with van der Waals surface area (Å²) < 4.78 is 0.824. The van der Waals surface area contributed by atoms with E-state index in [0.29, 0.717) is 0 Å². The zero-order valence-corrected chi connectivity index (χ0v) is 9.02. The van der Waals surface area contributed by atoms with Crippen LogP contribution in [0.4, 0.5) is 5.69 Å². The molecule has 1 aromatic carbocycles. The molecule has 11 heavy (non-hydrogen) atoms. The van der Waals surface area contributed by atoms with Gasteiger partial charge >= 0.3 is 76.8 Å². The molecule has 0 atom stereocenters. The summed E-state index contributed by atoms with van der Waals surface area (Å²) in [5, 5.41) is 10.4. The molecule has 5 heteroatoms. The number of nitrogens with zero attached hydrogens (tertiary/aromatic N) is 1. The molecule has 1 aromatic rings. The monoisotopic (exact) mass is 283 g/mol. The van der Waals surface area contributed by atoms with Crippen molar-refractivity contribution in [2.75, 3.05) is 0 Å². The van der Waals surface area contributed by atoms with Crippen LogP contribution in [0.3, 0.4) is 0 Å². The molecule has 58 valence electrons. The summed E-state index contributed by atoms with van der Waals surface area (Å²) in [4.78, 5) is 10.0. The van der Waals surface area contributed by atoms with Crippen molar-refractivity contribution >= 4 is 37.5 Å². The summed E-state index contributed by atoms with van der Waals surface area (Å²) in [6.07, 6.45) is 0. The molecule has 0 aliphatic heterocycles. The van der Waals surface area contributed by atoms with Gasteiger partial charge in [0, 0.05) is 0 Å². The summed E-state index contributed by atoms with van der Waals surface area (Å²) in [6.45, 7) is 0. The predicted molar refractivity (Wildman–Crippen MR) is 45.6 cm³/mol. The molecule has 0 bridgehead atoms. The van der Waals surface area contributed by atoms with Gasteiger partial charge in [-0.3, -0.25) is 0 Å². The van der Waals surface area contributed by atoms with Crippen LogP contribution < -0.4 is 4.46 Å². The molecule has 0 fully saturated rings. The standard InChI is InChI=1S/C6H5NO2Se2/c8-7(9)5-3-1-2-4-6(5)11-10/h1-4,10H. The minimum absolute atomic E-state index is 0.136. The summed E-state index contributed by atoms with van der Waals surface area (Å²) in [7, 11) is 0. The van der Waals surface area contributed by atoms with E-state index in [-0.39, 0.29) is 23.7 Å². The number of benzene rings is 1. The average Bonchev–Trinajstić information content (AvgIpc) is 2.04. The Morgan fingerprint density at radius 2 is 2.09 bits per heavy atom. The fraction of sp³-hybridized carbons (Fsp3) is 0. The fourth-order valence-corrected chi connectivity index (χ4v) is 3.16. The molecule has 0 radical (unpaired) electrons. The van der Waals surface area contributed by atoms with Gasteiger partial charge in [-0.05, 0) is 0 Å². The predicted octanol–water partition coefficient (Wildman–Crippen LogP) is -0.260. The maximum absolute atomic E-state index is 10.4. The third kappa shape index (κ3) is 2.04. The second-order valence-corrected chi connectivity index (χ2v) is 5.11. The molecule has 0 saturated carbocycles. The van der Waals surface area contributed by atoms with E-state index in [1.54, 1.807) is 12.1 Å². The first-order valence-electron chi connectivity index (χ1n) is 2.80. The van der Waals surface area contributed by atoms with Crippen LogP contribution in [0.15, 0.2) is 24.3 Å². The van der Waals surface area contributed by atoms with Crippen LogP contribution >= 0.6 is 0 Å². The molecule has 3 nitrogen and oxygen atoms in total. The van der Waals surface area contributed by atoms with Gasteiger partial charge in [0.2, 0.25) is 0 Å². The van der Waals surface area contributed by atoms with Crippen molar-refractivity contribution in [3.8, 4) is 0 Å². The van der Waals surface area contributed by atoms with Crippen molar-refractivity contribution in [1.29, 1.82) is 0 Å². The van der Waals surface area contributed by atoms with Gasteiger partial charge in [0.15, 0.2) is 0 Å². The molecule has 0 aliphatic carbocycles. The van der Waals surface area contributed by atoms with Crippen molar-refractivity contribution in [3.63, 3.8) is 0 Å². The normalized spacial score (nSPS) is 9.55. The van der Waals surface area contributed by atoms with E-state index in [9.17, 15) is 10.1 Å². The van der Waals surface area contributed by atoms with Crippen molar-refractivity contribution < 1.29 is 4.92 Å². The molecule has 0 aromatic heterocycles. The first-order chi connectivity index (χ1) is 5.25. The van der Waals surface area contributed by atoms with Crippen LogP contribution in [0.25, 0.3) is 0 Å². The first-order valence-corrected chi connectivity index (χ1v) is 8.41. The maximum atomic E-state index is 10.4. The Morgan fingerprint density at radius 1 is 1.45 bits per heavy atom. The van der Waals surface area contributed by atoms with Crippen LogP contribution in [0.5, 0.6) is 0 Å². The molecule has 0 heterocycles. The number of hydrogen-bond acceptors (Lipinski definition) is 2. The second-order valence-electron chi connectivity index (χ2n) is 1.82. The number of nitro groups is 1. The Labute approximate surface area is 76.9 Å². The zero-order chi connectivity index (χ0) is 8.27. The van der Waals surface area contributed by atoms with Crippen LogP contribution in [0, 0.1) is 10.1 Å². The Bertz CT molecular complexity index is 277. The third-order valence-electron chi connectivity index (χ3n) is 1.16. The van der Waals surface area contributed by atoms with Crippen molar-refractivity contribution in [1.82, 2.24) is 0 Å². The Kier molecular flexibility index (Phi) is 3.09. The molecule has 0 saturated heterocycles. The Balaban J connectivity index is 3.12. The molecule has 0 unspecified atom stereocenters. The van der Waals surface area contributed by atoms with E-state index in [1.165, 1.54) is 6.07 Å². The molecule has 0 spiro atoms. The summed E-state index contributed by atoms with van der Waals surface area (Å²) >= 11 is 2.53. The van der Waals surface area contributed by atoms with Gasteiger partial charge in [-0.25, -0.2) is 0 Å². The topological polar surface area (TPSA) is 43.1 Å². The molecular formula is C6H5NO2Se2. The summed E-state index contributed by atoms with van der Waals surface area (Å²) in [6, 6.07) is 6.82. The zero-order valence-electron chi connectivity index (χ0n) is 5.43. The van der Waals surface area contributed by atoms with E-state index in [1.807, 2.05) is 6.07 Å². The number of rotatable bonds is 2. The van der Waals surface area contributed by atoms with Gasteiger partial charge in [-0.1, -0.05) is 0 Å². The number of para-hydroxylation sites is 1. The summed E-state index contributed by atoms with van der Waals surface area (Å²) in [5.74, 6) is 0. The first kappa shape index (κ1) is 8.75. The van der Waals surface area contributed by atoms with Crippen molar-refractivity contribution in [2.24, 2.45) is 0 Å². The summed E-state index contributed by atoms with van der Waals surface area (Å²) in [5.41, 5.74) is 0.230. The van der Waals surface area contributed by atoms with Gasteiger partial charge < -0.3 is 0 Å². The van der Waals surface area contributed by atoms with E-state index in [4.69, 9.17) is 0 Å². The van der Waals surface area contributed by atoms with Gasteiger partial charge in [-0.2, -0.15) is 0 Å². The number of nitro benzene ring substituents is 1. The minimum atomic E-state index is -0.343. The van der Waals surface area contributed by atoms with Crippen molar-refractivity contribution in [2.45, 2.75) is 0 Å². The van der Waals surface area contributed by atoms with Gasteiger partial charge in [0.05, 0.1) is 0 Å². The van der Waals surface area contributed by atoms with Gasteiger partial charge in [-0.15, -0.1) is 0 Å². The van der Waals surface area contributed by atoms with Crippen LogP contribution in [-0.2, 0) is 0 Å². The number of hydrogen-bond donors (Lipinski definition) is 0. The molecule has 0 aliphatic rings. The molecule has 0 amide bonds. The molecule has 1 rings (SSSR count). The van der Waals surface area contributed by atoms with Crippen molar-refractivity contribution in [3.05, 3.63) is 34.4 Å². The van der Waals surface area contributed by atoms with Crippen LogP contribution in [-0.4, -0.2) is 32.2 Å². The van der Waals surface area contributed by atoms with E-state index in [2.05, 4.69) is 14.2 Å². The van der Waals surface area contributed by atoms with E-state index < -0.39 is 0 Å². The Hall–Kier alpha value is -0.341. The molecule has 0 N–H and O–H groups in total. The van der Waals surface area contributed by atoms with Gasteiger partial charge in [0.25, 0.3) is 0 Å². The fourth-order valence-electron chi connectivity index (χ4n) is 0.685. The molecular weight excluding hydrogens is 276 g/mol. The van der Waals surface area contributed by atoms with E-state index in [0.717, 1.165) is 4.46 Å². The average molecular weight is 281 g/mol. The van der Waals surface area contributed by atoms with Gasteiger partial charge in [0.1, 0.15) is 0 Å². The second kappa shape index (κ2) is 3.88. The quantitative estimate of drug-likeness (QED) is 0.426. The van der Waals surface area contributed by atoms with E-state index >= 15 is 0 Å².